The molecule has 0 aromatic carbocycles. The van der Waals surface area contributed by atoms with Crippen LogP contribution in [-0.4, -0.2) is 36.5 Å². The fourth-order valence-corrected chi connectivity index (χ4v) is 3.18. The predicted octanol–water partition coefficient (Wildman–Crippen LogP) is 4.56. The van der Waals surface area contributed by atoms with Crippen LogP contribution in [0.1, 0.15) is 85.0 Å². The van der Waals surface area contributed by atoms with Crippen molar-refractivity contribution in [3.05, 3.63) is 0 Å². The molecule has 1 amide bonds. The molecule has 0 spiro atoms. The molecule has 1 aliphatic rings. The van der Waals surface area contributed by atoms with E-state index in [0.717, 1.165) is 38.5 Å². The Kier molecular flexibility index (Phi) is 10.8. The van der Waals surface area contributed by atoms with E-state index in [4.69, 9.17) is 4.74 Å². The Morgan fingerprint density at radius 1 is 1.04 bits per heavy atom. The second-order valence-corrected chi connectivity index (χ2v) is 7.52. The minimum atomic E-state index is -0.0644. The van der Waals surface area contributed by atoms with E-state index < -0.39 is 0 Å². The van der Waals surface area contributed by atoms with E-state index >= 15 is 0 Å². The SMILES string of the molecule is CCCCCCCC(=O)N1CCC(C(=O)OCCCC(C)C)CC1. The number of hydrogen-bond donors (Lipinski definition) is 0. The van der Waals surface area contributed by atoms with Crippen LogP contribution in [0.15, 0.2) is 0 Å². The summed E-state index contributed by atoms with van der Waals surface area (Å²) in [5.74, 6) is 0.832. The van der Waals surface area contributed by atoms with Crippen LogP contribution in [0.3, 0.4) is 0 Å². The quantitative estimate of drug-likeness (QED) is 0.409. The monoisotopic (exact) mass is 339 g/mol. The number of piperidine rings is 1. The normalized spacial score (nSPS) is 15.8. The lowest BCUT2D eigenvalue weighted by molar-refractivity contribution is -0.151. The zero-order valence-electron chi connectivity index (χ0n) is 16.0. The molecular weight excluding hydrogens is 302 g/mol. The lowest BCUT2D eigenvalue weighted by Gasteiger charge is -2.31. The number of unbranched alkanes of at least 4 members (excludes halogenated alkanes) is 4. The van der Waals surface area contributed by atoms with E-state index in [9.17, 15) is 9.59 Å². The lowest BCUT2D eigenvalue weighted by atomic mass is 9.96. The van der Waals surface area contributed by atoms with E-state index in [-0.39, 0.29) is 17.8 Å². The topological polar surface area (TPSA) is 46.6 Å². The molecule has 1 saturated heterocycles. The van der Waals surface area contributed by atoms with Crippen molar-refractivity contribution in [2.75, 3.05) is 19.7 Å². The summed E-state index contributed by atoms with van der Waals surface area (Å²) >= 11 is 0. The number of likely N-dealkylation sites (tertiary alicyclic amines) is 1. The third-order valence-corrected chi connectivity index (χ3v) is 4.85. The summed E-state index contributed by atoms with van der Waals surface area (Å²) in [6.45, 7) is 8.51. The second-order valence-electron chi connectivity index (χ2n) is 7.52. The van der Waals surface area contributed by atoms with Gasteiger partial charge in [0.15, 0.2) is 0 Å². The second kappa shape index (κ2) is 12.3. The summed E-state index contributed by atoms with van der Waals surface area (Å²) in [5.41, 5.74) is 0. The molecule has 4 nitrogen and oxygen atoms in total. The van der Waals surface area contributed by atoms with Gasteiger partial charge in [-0.05, 0) is 38.0 Å². The van der Waals surface area contributed by atoms with Crippen molar-refractivity contribution < 1.29 is 14.3 Å². The summed E-state index contributed by atoms with van der Waals surface area (Å²) in [4.78, 5) is 26.2. The Balaban J connectivity index is 2.14. The largest absolute Gasteiger partial charge is 0.465 e. The van der Waals surface area contributed by atoms with Crippen LogP contribution in [0, 0.1) is 11.8 Å². The van der Waals surface area contributed by atoms with Gasteiger partial charge in [0, 0.05) is 19.5 Å². The van der Waals surface area contributed by atoms with Crippen molar-refractivity contribution in [2.24, 2.45) is 11.8 Å². The van der Waals surface area contributed by atoms with E-state index in [0.29, 0.717) is 32.0 Å². The first kappa shape index (κ1) is 21.0. The highest BCUT2D eigenvalue weighted by Crippen LogP contribution is 2.20. The molecule has 0 bridgehead atoms. The molecule has 140 valence electrons. The van der Waals surface area contributed by atoms with Crippen molar-refractivity contribution in [3.63, 3.8) is 0 Å². The summed E-state index contributed by atoms with van der Waals surface area (Å²) in [6, 6.07) is 0. The third-order valence-electron chi connectivity index (χ3n) is 4.85. The minimum absolute atomic E-state index is 0.0161. The fourth-order valence-electron chi connectivity index (χ4n) is 3.18. The molecule has 0 aromatic heterocycles. The molecule has 1 heterocycles. The molecule has 0 atom stereocenters. The maximum atomic E-state index is 12.2. The first-order valence-corrected chi connectivity index (χ1v) is 9.99. The fraction of sp³-hybridized carbons (Fsp3) is 0.900. The first-order chi connectivity index (χ1) is 11.5. The standard InChI is InChI=1S/C20H37NO3/c1-4-5-6-7-8-11-19(22)21-14-12-18(13-15-21)20(23)24-16-9-10-17(2)3/h17-18H,4-16H2,1-3H3. The summed E-state index contributed by atoms with van der Waals surface area (Å²) in [5, 5.41) is 0. The molecule has 1 fully saturated rings. The Morgan fingerprint density at radius 2 is 1.71 bits per heavy atom. The van der Waals surface area contributed by atoms with E-state index in [1.165, 1.54) is 19.3 Å². The Bertz CT molecular complexity index is 360. The van der Waals surface area contributed by atoms with Crippen LogP contribution in [0.25, 0.3) is 0 Å². The third kappa shape index (κ3) is 8.70. The van der Waals surface area contributed by atoms with Crippen molar-refractivity contribution >= 4 is 11.9 Å². The van der Waals surface area contributed by atoms with Gasteiger partial charge >= 0.3 is 5.97 Å². The van der Waals surface area contributed by atoms with Crippen LogP contribution in [0.4, 0.5) is 0 Å². The van der Waals surface area contributed by atoms with Crippen LogP contribution in [-0.2, 0) is 14.3 Å². The van der Waals surface area contributed by atoms with Gasteiger partial charge in [0.25, 0.3) is 0 Å². The van der Waals surface area contributed by atoms with Gasteiger partial charge in [-0.25, -0.2) is 0 Å². The van der Waals surface area contributed by atoms with Gasteiger partial charge in [0.2, 0.25) is 5.91 Å². The maximum absolute atomic E-state index is 12.2. The Labute approximate surface area is 148 Å². The molecule has 0 N–H and O–H groups in total. The minimum Gasteiger partial charge on any atom is -0.465 e. The first-order valence-electron chi connectivity index (χ1n) is 9.99. The van der Waals surface area contributed by atoms with Gasteiger partial charge in [-0.2, -0.15) is 0 Å². The highest BCUT2D eigenvalue weighted by Gasteiger charge is 2.27. The molecule has 0 saturated carbocycles. The van der Waals surface area contributed by atoms with Crippen molar-refractivity contribution in [1.29, 1.82) is 0 Å². The van der Waals surface area contributed by atoms with E-state index in [1.54, 1.807) is 0 Å². The van der Waals surface area contributed by atoms with Crippen molar-refractivity contribution in [2.45, 2.75) is 85.0 Å². The summed E-state index contributed by atoms with van der Waals surface area (Å²) in [7, 11) is 0. The van der Waals surface area contributed by atoms with Crippen LogP contribution < -0.4 is 0 Å². The number of rotatable bonds is 11. The number of esters is 1. The van der Waals surface area contributed by atoms with E-state index in [1.807, 2.05) is 4.90 Å². The Hall–Kier alpha value is -1.06. The molecule has 1 rings (SSSR count). The molecular formula is C20H37NO3. The van der Waals surface area contributed by atoms with Gasteiger partial charge < -0.3 is 9.64 Å². The molecule has 4 heteroatoms. The number of carbonyl (C=O) groups is 2. The molecule has 0 aromatic rings. The van der Waals surface area contributed by atoms with Crippen LogP contribution >= 0.6 is 0 Å². The van der Waals surface area contributed by atoms with E-state index in [2.05, 4.69) is 20.8 Å². The summed E-state index contributed by atoms with van der Waals surface area (Å²) in [6.07, 6.45) is 10.1. The number of carbonyl (C=O) groups excluding carboxylic acids is 2. The zero-order valence-corrected chi connectivity index (χ0v) is 16.0. The van der Waals surface area contributed by atoms with Crippen molar-refractivity contribution in [3.8, 4) is 0 Å². The molecule has 1 aliphatic heterocycles. The lowest BCUT2D eigenvalue weighted by Crippen LogP contribution is -2.40. The van der Waals surface area contributed by atoms with Gasteiger partial charge in [0.1, 0.15) is 0 Å². The molecule has 24 heavy (non-hydrogen) atoms. The smallest absolute Gasteiger partial charge is 0.309 e. The predicted molar refractivity (Wildman–Crippen MR) is 97.7 cm³/mol. The highest BCUT2D eigenvalue weighted by molar-refractivity contribution is 5.77. The zero-order chi connectivity index (χ0) is 17.8. The highest BCUT2D eigenvalue weighted by atomic mass is 16.5. The number of hydrogen-bond acceptors (Lipinski definition) is 3. The summed E-state index contributed by atoms with van der Waals surface area (Å²) < 4.78 is 5.39. The average Bonchev–Trinajstić information content (AvgIpc) is 2.58. The van der Waals surface area contributed by atoms with Gasteiger partial charge in [-0.15, -0.1) is 0 Å². The van der Waals surface area contributed by atoms with Gasteiger partial charge in [-0.3, -0.25) is 9.59 Å². The Morgan fingerprint density at radius 3 is 2.33 bits per heavy atom. The molecule has 0 radical (unpaired) electrons. The maximum Gasteiger partial charge on any atom is 0.309 e. The van der Waals surface area contributed by atoms with Gasteiger partial charge in [-0.1, -0.05) is 46.5 Å². The molecule has 0 unspecified atom stereocenters. The van der Waals surface area contributed by atoms with Crippen molar-refractivity contribution in [1.82, 2.24) is 4.90 Å². The number of nitrogens with zero attached hydrogens (tertiary/aromatic N) is 1. The average molecular weight is 340 g/mol. The van der Waals surface area contributed by atoms with Crippen LogP contribution in [0.5, 0.6) is 0 Å². The van der Waals surface area contributed by atoms with Crippen LogP contribution in [0.2, 0.25) is 0 Å². The molecule has 0 aliphatic carbocycles. The number of amides is 1. The van der Waals surface area contributed by atoms with Gasteiger partial charge in [0.05, 0.1) is 12.5 Å². The number of ether oxygens (including phenoxy) is 1.